The largest absolute Gasteiger partial charge is 0.612 e. The van der Waals surface area contributed by atoms with Gasteiger partial charge in [0.2, 0.25) is 5.71 Å². The molecule has 5 nitrogen and oxygen atoms in total. The molecule has 0 aliphatic heterocycles. The third-order valence-corrected chi connectivity index (χ3v) is 2.18. The SMILES string of the molecule is CC(=O)C(C=C1C=CC(=[N+]([O-])[O-])C=C1)=C(C)O. The number of nitrogens with zero attached hydrogens (tertiary/aromatic N) is 1. The lowest BCUT2D eigenvalue weighted by atomic mass is 10.0. The van der Waals surface area contributed by atoms with Gasteiger partial charge in [0.25, 0.3) is 0 Å². The molecule has 0 atom stereocenters. The molecule has 1 rings (SSSR count). The normalized spacial score (nSPS) is 15.6. The zero-order chi connectivity index (χ0) is 13.0. The van der Waals surface area contributed by atoms with Gasteiger partial charge in [-0.05, 0) is 37.6 Å². The zero-order valence-corrected chi connectivity index (χ0v) is 9.51. The first-order valence-corrected chi connectivity index (χ1v) is 4.92. The van der Waals surface area contributed by atoms with E-state index in [1.165, 1.54) is 44.2 Å². The first kappa shape index (κ1) is 12.8. The lowest BCUT2D eigenvalue weighted by molar-refractivity contribution is -0.377. The van der Waals surface area contributed by atoms with Gasteiger partial charge in [-0.2, -0.15) is 4.90 Å². The van der Waals surface area contributed by atoms with Crippen molar-refractivity contribution in [1.82, 2.24) is 0 Å². The van der Waals surface area contributed by atoms with E-state index in [0.29, 0.717) is 5.57 Å². The van der Waals surface area contributed by atoms with Gasteiger partial charge < -0.3 is 15.5 Å². The topological polar surface area (TPSA) is 86.4 Å². The molecule has 0 aromatic rings. The van der Waals surface area contributed by atoms with Crippen LogP contribution in [0.4, 0.5) is 0 Å². The van der Waals surface area contributed by atoms with Crippen LogP contribution in [-0.4, -0.2) is 21.5 Å². The predicted octanol–water partition coefficient (Wildman–Crippen LogP) is 1.91. The number of ketones is 1. The van der Waals surface area contributed by atoms with Gasteiger partial charge in [0.15, 0.2) is 5.78 Å². The highest BCUT2D eigenvalue weighted by Crippen LogP contribution is 2.13. The number of carbonyl (C=O) groups is 1. The zero-order valence-electron chi connectivity index (χ0n) is 9.51. The van der Waals surface area contributed by atoms with Crippen molar-refractivity contribution in [3.63, 3.8) is 0 Å². The monoisotopic (exact) mass is 234 g/mol. The van der Waals surface area contributed by atoms with Gasteiger partial charge in [-0.15, -0.1) is 0 Å². The summed E-state index contributed by atoms with van der Waals surface area (Å²) in [4.78, 5) is 10.7. The maximum atomic E-state index is 11.2. The van der Waals surface area contributed by atoms with Crippen LogP contribution in [0.5, 0.6) is 0 Å². The second-order valence-electron chi connectivity index (χ2n) is 3.55. The molecule has 0 aromatic heterocycles. The number of rotatable bonds is 2. The van der Waals surface area contributed by atoms with Gasteiger partial charge in [-0.1, -0.05) is 0 Å². The highest BCUT2D eigenvalue weighted by molar-refractivity contribution is 6.03. The maximum Gasteiger partial charge on any atom is 0.222 e. The van der Waals surface area contributed by atoms with Crippen LogP contribution in [0.1, 0.15) is 13.8 Å². The molecular formula is C12H12NO4-. The number of aliphatic hydroxyl groups excluding tert-OH is 1. The number of allylic oxidation sites excluding steroid dienone is 8. The smallest absolute Gasteiger partial charge is 0.222 e. The molecule has 17 heavy (non-hydrogen) atoms. The predicted molar refractivity (Wildman–Crippen MR) is 64.4 cm³/mol. The Morgan fingerprint density at radius 1 is 1.24 bits per heavy atom. The Bertz CT molecular complexity index is 467. The van der Waals surface area contributed by atoms with Crippen LogP contribution in [0.15, 0.2) is 47.3 Å². The average molecular weight is 234 g/mol. The lowest BCUT2D eigenvalue weighted by Gasteiger charge is -2.08. The number of hydrogen-bond acceptors (Lipinski definition) is 4. The van der Waals surface area contributed by atoms with Gasteiger partial charge in [0.05, 0.1) is 11.3 Å². The first-order valence-electron chi connectivity index (χ1n) is 4.92. The highest BCUT2D eigenvalue weighted by atomic mass is 16.8. The molecule has 0 fully saturated rings. The van der Waals surface area contributed by atoms with Crippen LogP contribution in [0.3, 0.4) is 0 Å². The Kier molecular flexibility index (Phi) is 3.87. The van der Waals surface area contributed by atoms with E-state index < -0.39 is 4.90 Å². The summed E-state index contributed by atoms with van der Waals surface area (Å²) >= 11 is 0. The van der Waals surface area contributed by atoms with E-state index in [0.717, 1.165) is 0 Å². The second-order valence-corrected chi connectivity index (χ2v) is 3.55. The van der Waals surface area contributed by atoms with Crippen LogP contribution in [0.25, 0.3) is 0 Å². The fourth-order valence-corrected chi connectivity index (χ4v) is 1.32. The van der Waals surface area contributed by atoms with E-state index in [4.69, 9.17) is 0 Å². The molecule has 0 radical (unpaired) electrons. The van der Waals surface area contributed by atoms with Gasteiger partial charge >= 0.3 is 0 Å². The Balaban J connectivity index is 3.04. The molecule has 1 aliphatic rings. The Morgan fingerprint density at radius 3 is 2.12 bits per heavy atom. The van der Waals surface area contributed by atoms with Crippen molar-refractivity contribution in [2.75, 3.05) is 0 Å². The van der Waals surface area contributed by atoms with Crippen molar-refractivity contribution in [1.29, 1.82) is 0 Å². The average Bonchev–Trinajstić information content (AvgIpc) is 2.25. The van der Waals surface area contributed by atoms with E-state index >= 15 is 0 Å². The molecule has 0 saturated heterocycles. The minimum atomic E-state index is -0.497. The molecule has 0 saturated carbocycles. The molecule has 0 heterocycles. The molecule has 0 spiro atoms. The quantitative estimate of drug-likeness (QED) is 0.342. The number of hydrogen-bond donors (Lipinski definition) is 1. The number of aliphatic hydroxyl groups is 1. The fraction of sp³-hybridized carbons (Fsp3) is 0.167. The highest BCUT2D eigenvalue weighted by Gasteiger charge is 2.08. The third kappa shape index (κ3) is 3.34. The second kappa shape index (κ2) is 5.16. The molecule has 90 valence electrons. The summed E-state index contributed by atoms with van der Waals surface area (Å²) < 4.78 is 0. The van der Waals surface area contributed by atoms with Crippen molar-refractivity contribution in [2.24, 2.45) is 0 Å². The molecule has 0 bridgehead atoms. The van der Waals surface area contributed by atoms with E-state index in [1.807, 2.05) is 0 Å². The van der Waals surface area contributed by atoms with Crippen molar-refractivity contribution in [3.8, 4) is 0 Å². The van der Waals surface area contributed by atoms with E-state index in [9.17, 15) is 20.3 Å². The molecule has 5 heteroatoms. The molecule has 0 unspecified atom stereocenters. The van der Waals surface area contributed by atoms with Crippen LogP contribution in [0, 0.1) is 10.4 Å². The van der Waals surface area contributed by atoms with Crippen molar-refractivity contribution in [3.05, 3.63) is 57.7 Å². The van der Waals surface area contributed by atoms with Crippen molar-refractivity contribution in [2.45, 2.75) is 13.8 Å². The van der Waals surface area contributed by atoms with Gasteiger partial charge in [-0.25, -0.2) is 0 Å². The van der Waals surface area contributed by atoms with Crippen LogP contribution < -0.4 is 0 Å². The Hall–Kier alpha value is -2.30. The van der Waals surface area contributed by atoms with Crippen LogP contribution >= 0.6 is 0 Å². The van der Waals surface area contributed by atoms with E-state index in [-0.39, 0.29) is 22.8 Å². The first-order chi connectivity index (χ1) is 7.91. The summed E-state index contributed by atoms with van der Waals surface area (Å²) in [6.07, 6.45) is 7.21. The van der Waals surface area contributed by atoms with Gasteiger partial charge in [0.1, 0.15) is 0 Å². The maximum absolute atomic E-state index is 11.2. The van der Waals surface area contributed by atoms with E-state index in [2.05, 4.69) is 0 Å². The standard InChI is InChI=1S/C12H12NO4/c1-8(14)12(9(2)15)7-10-3-5-11(6-4-10)13(16)17/h3-7H,1-2H3,(H-,14,15,16,17)/q-1. The Morgan fingerprint density at radius 2 is 1.76 bits per heavy atom. The van der Waals surface area contributed by atoms with Gasteiger partial charge in [0, 0.05) is 12.2 Å². The van der Waals surface area contributed by atoms with Crippen LogP contribution in [0.2, 0.25) is 0 Å². The summed E-state index contributed by atoms with van der Waals surface area (Å²) in [5, 5.41) is 30.2. The lowest BCUT2D eigenvalue weighted by Crippen LogP contribution is -2.06. The third-order valence-electron chi connectivity index (χ3n) is 2.18. The summed E-state index contributed by atoms with van der Waals surface area (Å²) in [6, 6.07) is 0. The molecule has 0 aromatic carbocycles. The minimum absolute atomic E-state index is 0.0174. The molecule has 1 N–H and O–H groups in total. The van der Waals surface area contributed by atoms with Crippen molar-refractivity contribution < 1.29 is 14.8 Å². The van der Waals surface area contributed by atoms with Crippen LogP contribution in [-0.2, 0) is 4.79 Å². The Labute approximate surface area is 98.5 Å². The van der Waals surface area contributed by atoms with Gasteiger partial charge in [-0.3, -0.25) is 4.79 Å². The molecule has 1 aliphatic carbocycles. The number of carbonyl (C=O) groups excluding carboxylic acids is 1. The van der Waals surface area contributed by atoms with E-state index in [1.54, 1.807) is 0 Å². The summed E-state index contributed by atoms with van der Waals surface area (Å²) in [7, 11) is 0. The van der Waals surface area contributed by atoms with Crippen molar-refractivity contribution >= 4 is 11.5 Å². The summed E-state index contributed by atoms with van der Waals surface area (Å²) in [5.74, 6) is -0.334. The molecule has 0 amide bonds. The minimum Gasteiger partial charge on any atom is -0.612 e. The molecular weight excluding hydrogens is 222 g/mol. The summed E-state index contributed by atoms with van der Waals surface area (Å²) in [6.45, 7) is 2.76. The number of Topliss-reactive ketones (excluding diaryl/α,β-unsaturated/α-hetero) is 1. The fourth-order valence-electron chi connectivity index (χ4n) is 1.32. The summed E-state index contributed by atoms with van der Waals surface area (Å²) in [5.41, 5.74) is 0.796.